The molecule has 0 fully saturated rings. The number of aromatic nitrogens is 2. The number of nitrogens with zero attached hydrogens (tertiary/aromatic N) is 2. The Kier molecular flexibility index (Phi) is 5.49. The van der Waals surface area contributed by atoms with E-state index in [0.29, 0.717) is 23.8 Å². The quantitative estimate of drug-likeness (QED) is 0.684. The molecule has 0 unspecified atom stereocenters. The normalized spacial score (nSPS) is 10.7. The lowest BCUT2D eigenvalue weighted by molar-refractivity contribution is 0.0992. The van der Waals surface area contributed by atoms with Gasteiger partial charge in [0.2, 0.25) is 0 Å². The minimum absolute atomic E-state index is 0.225. The highest BCUT2D eigenvalue weighted by atomic mass is 16.5. The zero-order valence-electron chi connectivity index (χ0n) is 15.9. The smallest absolute Gasteiger partial charge is 0.291 e. The molecule has 1 amide bonds. The second-order valence-corrected chi connectivity index (χ2v) is 6.08. The van der Waals surface area contributed by atoms with E-state index in [1.165, 1.54) is 0 Å². The van der Waals surface area contributed by atoms with Crippen molar-refractivity contribution in [1.82, 2.24) is 9.78 Å². The number of furan rings is 1. The van der Waals surface area contributed by atoms with Crippen LogP contribution in [0.15, 0.2) is 40.8 Å². The molecule has 2 heterocycles. The number of aryl methyl sites for hydroxylation is 2. The predicted octanol–water partition coefficient (Wildman–Crippen LogP) is 3.86. The Bertz CT molecular complexity index is 925. The van der Waals surface area contributed by atoms with Gasteiger partial charge in [0.05, 0.1) is 23.7 Å². The number of anilines is 1. The van der Waals surface area contributed by atoms with Gasteiger partial charge < -0.3 is 19.2 Å². The fourth-order valence-electron chi connectivity index (χ4n) is 2.66. The first kappa shape index (κ1) is 18.6. The lowest BCUT2D eigenvalue weighted by atomic mass is 10.3. The molecule has 0 aliphatic heterocycles. The van der Waals surface area contributed by atoms with Gasteiger partial charge in [0.25, 0.3) is 5.91 Å². The molecule has 0 aliphatic rings. The molecule has 3 aromatic rings. The third-order valence-corrected chi connectivity index (χ3v) is 4.15. The maximum Gasteiger partial charge on any atom is 0.291 e. The molecule has 0 saturated heterocycles. The van der Waals surface area contributed by atoms with Gasteiger partial charge in [-0.3, -0.25) is 9.48 Å². The summed E-state index contributed by atoms with van der Waals surface area (Å²) in [6.07, 6.45) is 0. The number of hydrogen-bond donors (Lipinski definition) is 1. The molecule has 1 N–H and O–H groups in total. The summed E-state index contributed by atoms with van der Waals surface area (Å²) in [7, 11) is 1.83. The predicted molar refractivity (Wildman–Crippen MR) is 101 cm³/mol. The van der Waals surface area contributed by atoms with Crippen LogP contribution in [-0.2, 0) is 13.7 Å². The summed E-state index contributed by atoms with van der Waals surface area (Å²) < 4.78 is 18.4. The molecular formula is C20H23N3O4. The number of ether oxygens (including phenoxy) is 2. The van der Waals surface area contributed by atoms with Crippen LogP contribution in [0.1, 0.15) is 34.6 Å². The molecule has 27 heavy (non-hydrogen) atoms. The van der Waals surface area contributed by atoms with Gasteiger partial charge in [0.1, 0.15) is 23.9 Å². The first-order chi connectivity index (χ1) is 13.0. The van der Waals surface area contributed by atoms with Gasteiger partial charge in [0, 0.05) is 7.05 Å². The SMILES string of the molecule is CCOc1ccc(OCc2ccc(C(=O)Nc3c(C)nn(C)c3C)o2)cc1. The van der Waals surface area contributed by atoms with Crippen LogP contribution in [0.4, 0.5) is 5.69 Å². The fourth-order valence-corrected chi connectivity index (χ4v) is 2.66. The first-order valence-electron chi connectivity index (χ1n) is 8.74. The van der Waals surface area contributed by atoms with Crippen molar-refractivity contribution in [3.8, 4) is 11.5 Å². The van der Waals surface area contributed by atoms with Gasteiger partial charge in [0.15, 0.2) is 5.76 Å². The molecule has 3 rings (SSSR count). The summed E-state index contributed by atoms with van der Waals surface area (Å²) in [5.41, 5.74) is 2.34. The van der Waals surface area contributed by atoms with Crippen molar-refractivity contribution < 1.29 is 18.7 Å². The van der Waals surface area contributed by atoms with Crippen molar-refractivity contribution in [3.05, 3.63) is 59.3 Å². The van der Waals surface area contributed by atoms with Crippen LogP contribution in [0.5, 0.6) is 11.5 Å². The lowest BCUT2D eigenvalue weighted by Crippen LogP contribution is -2.12. The standard InChI is InChI=1S/C20H23N3O4/c1-5-25-15-6-8-16(9-7-15)26-12-17-10-11-18(27-17)20(24)21-19-13(2)22-23(4)14(19)3/h6-11H,5,12H2,1-4H3,(H,21,24). The van der Waals surface area contributed by atoms with Crippen LogP contribution in [0, 0.1) is 13.8 Å². The van der Waals surface area contributed by atoms with E-state index >= 15 is 0 Å². The molecule has 1 aromatic carbocycles. The first-order valence-corrected chi connectivity index (χ1v) is 8.74. The number of hydrogen-bond acceptors (Lipinski definition) is 5. The fraction of sp³-hybridized carbons (Fsp3) is 0.300. The highest BCUT2D eigenvalue weighted by molar-refractivity contribution is 6.02. The Balaban J connectivity index is 1.60. The Labute approximate surface area is 157 Å². The van der Waals surface area contributed by atoms with E-state index in [9.17, 15) is 4.79 Å². The number of rotatable bonds is 7. The van der Waals surface area contributed by atoms with Crippen LogP contribution in [0.3, 0.4) is 0 Å². The molecule has 142 valence electrons. The topological polar surface area (TPSA) is 78.5 Å². The summed E-state index contributed by atoms with van der Waals surface area (Å²) >= 11 is 0. The van der Waals surface area contributed by atoms with Crippen molar-refractivity contribution in [3.63, 3.8) is 0 Å². The van der Waals surface area contributed by atoms with Gasteiger partial charge in [-0.25, -0.2) is 0 Å². The maximum atomic E-state index is 12.4. The van der Waals surface area contributed by atoms with E-state index in [0.717, 1.165) is 17.1 Å². The summed E-state index contributed by atoms with van der Waals surface area (Å²) in [5, 5.41) is 7.14. The Morgan fingerprint density at radius 2 is 1.78 bits per heavy atom. The van der Waals surface area contributed by atoms with Crippen molar-refractivity contribution in [2.24, 2.45) is 7.05 Å². The molecular weight excluding hydrogens is 346 g/mol. The highest BCUT2D eigenvalue weighted by Crippen LogP contribution is 2.21. The van der Waals surface area contributed by atoms with Crippen LogP contribution in [-0.4, -0.2) is 22.3 Å². The van der Waals surface area contributed by atoms with Crippen LogP contribution >= 0.6 is 0 Å². The highest BCUT2D eigenvalue weighted by Gasteiger charge is 2.16. The van der Waals surface area contributed by atoms with Crippen molar-refractivity contribution in [1.29, 1.82) is 0 Å². The Hall–Kier alpha value is -3.22. The second kappa shape index (κ2) is 7.99. The lowest BCUT2D eigenvalue weighted by Gasteiger charge is -2.06. The van der Waals surface area contributed by atoms with E-state index < -0.39 is 0 Å². The number of carbonyl (C=O) groups excluding carboxylic acids is 1. The number of amides is 1. The van der Waals surface area contributed by atoms with Gasteiger partial charge in [-0.05, 0) is 57.2 Å². The van der Waals surface area contributed by atoms with Gasteiger partial charge in [-0.2, -0.15) is 5.10 Å². The van der Waals surface area contributed by atoms with Crippen molar-refractivity contribution in [2.45, 2.75) is 27.4 Å². The summed E-state index contributed by atoms with van der Waals surface area (Å²) in [5.74, 6) is 1.96. The zero-order valence-corrected chi connectivity index (χ0v) is 15.9. The van der Waals surface area contributed by atoms with Crippen molar-refractivity contribution >= 4 is 11.6 Å². The maximum absolute atomic E-state index is 12.4. The zero-order chi connectivity index (χ0) is 19.4. The van der Waals surface area contributed by atoms with E-state index in [4.69, 9.17) is 13.9 Å². The second-order valence-electron chi connectivity index (χ2n) is 6.08. The molecule has 0 saturated carbocycles. The molecule has 0 aliphatic carbocycles. The minimum atomic E-state index is -0.318. The largest absolute Gasteiger partial charge is 0.494 e. The average Bonchev–Trinajstić information content (AvgIpc) is 3.22. The summed E-state index contributed by atoms with van der Waals surface area (Å²) in [6.45, 7) is 6.53. The van der Waals surface area contributed by atoms with Gasteiger partial charge in [-0.1, -0.05) is 0 Å². The third-order valence-electron chi connectivity index (χ3n) is 4.15. The van der Waals surface area contributed by atoms with E-state index in [1.807, 2.05) is 52.1 Å². The number of nitrogens with one attached hydrogen (secondary N) is 1. The van der Waals surface area contributed by atoms with E-state index in [-0.39, 0.29) is 18.3 Å². The van der Waals surface area contributed by atoms with Gasteiger partial charge in [-0.15, -0.1) is 0 Å². The molecule has 2 aromatic heterocycles. The van der Waals surface area contributed by atoms with E-state index in [2.05, 4.69) is 10.4 Å². The Morgan fingerprint density at radius 1 is 1.11 bits per heavy atom. The average molecular weight is 369 g/mol. The van der Waals surface area contributed by atoms with Gasteiger partial charge >= 0.3 is 0 Å². The molecule has 0 atom stereocenters. The molecule has 7 nitrogen and oxygen atoms in total. The van der Waals surface area contributed by atoms with Crippen LogP contribution < -0.4 is 14.8 Å². The molecule has 0 radical (unpaired) electrons. The molecule has 0 spiro atoms. The minimum Gasteiger partial charge on any atom is -0.494 e. The molecule has 7 heteroatoms. The molecule has 0 bridgehead atoms. The number of carbonyl (C=O) groups is 1. The monoisotopic (exact) mass is 369 g/mol. The number of benzene rings is 1. The van der Waals surface area contributed by atoms with Crippen molar-refractivity contribution in [2.75, 3.05) is 11.9 Å². The summed E-state index contributed by atoms with van der Waals surface area (Å²) in [6, 6.07) is 10.7. The Morgan fingerprint density at radius 3 is 2.37 bits per heavy atom. The summed E-state index contributed by atoms with van der Waals surface area (Å²) in [4.78, 5) is 12.4. The third kappa shape index (κ3) is 4.31. The van der Waals surface area contributed by atoms with Crippen LogP contribution in [0.25, 0.3) is 0 Å². The van der Waals surface area contributed by atoms with E-state index in [1.54, 1.807) is 16.8 Å². The van der Waals surface area contributed by atoms with Crippen LogP contribution in [0.2, 0.25) is 0 Å².